The molecule has 0 saturated carbocycles. The van der Waals surface area contributed by atoms with E-state index in [1.807, 2.05) is 6.92 Å². The Morgan fingerprint density at radius 3 is 3.00 bits per heavy atom. The average molecular weight is 243 g/mol. The van der Waals surface area contributed by atoms with Crippen molar-refractivity contribution in [1.29, 1.82) is 0 Å². The molecular weight excluding hydrogens is 228 g/mol. The summed E-state index contributed by atoms with van der Waals surface area (Å²) in [7, 11) is 1.51. The summed E-state index contributed by atoms with van der Waals surface area (Å²) < 4.78 is 5.06. The monoisotopic (exact) mass is 242 g/mol. The van der Waals surface area contributed by atoms with E-state index in [0.29, 0.717) is 17.2 Å². The molecule has 0 bridgehead atoms. The minimum atomic E-state index is -0.188. The molecular formula is C11H15ClN2O2. The minimum absolute atomic E-state index is 0.0213. The van der Waals surface area contributed by atoms with Crippen LogP contribution in [0.25, 0.3) is 0 Å². The number of hydrogen-bond acceptors (Lipinski definition) is 3. The molecule has 0 aliphatic heterocycles. The van der Waals surface area contributed by atoms with E-state index in [4.69, 9.17) is 16.3 Å². The van der Waals surface area contributed by atoms with Crippen molar-refractivity contribution in [3.05, 3.63) is 24.0 Å². The number of pyridine rings is 1. The first-order chi connectivity index (χ1) is 7.72. The first-order valence-corrected chi connectivity index (χ1v) is 5.61. The number of rotatable bonds is 5. The van der Waals surface area contributed by atoms with E-state index in [-0.39, 0.29) is 11.9 Å². The molecule has 0 fully saturated rings. The van der Waals surface area contributed by atoms with Crippen LogP contribution in [0.3, 0.4) is 0 Å². The van der Waals surface area contributed by atoms with Crippen LogP contribution in [0.1, 0.15) is 23.7 Å². The van der Waals surface area contributed by atoms with Gasteiger partial charge < -0.3 is 10.1 Å². The molecule has 88 valence electrons. The van der Waals surface area contributed by atoms with Crippen LogP contribution >= 0.6 is 11.6 Å². The number of alkyl halides is 1. The number of nitrogens with one attached hydrogen (secondary N) is 1. The minimum Gasteiger partial charge on any atom is -0.494 e. The van der Waals surface area contributed by atoms with Crippen molar-refractivity contribution in [1.82, 2.24) is 10.3 Å². The van der Waals surface area contributed by atoms with E-state index in [1.165, 1.54) is 13.3 Å². The molecule has 16 heavy (non-hydrogen) atoms. The van der Waals surface area contributed by atoms with Gasteiger partial charge in [-0.2, -0.15) is 0 Å². The lowest BCUT2D eigenvalue weighted by molar-refractivity contribution is 0.0936. The lowest BCUT2D eigenvalue weighted by Crippen LogP contribution is -2.35. The van der Waals surface area contributed by atoms with Gasteiger partial charge in [0.1, 0.15) is 5.75 Å². The first-order valence-electron chi connectivity index (χ1n) is 5.07. The molecule has 1 aromatic rings. The van der Waals surface area contributed by atoms with Crippen molar-refractivity contribution in [3.8, 4) is 5.75 Å². The van der Waals surface area contributed by atoms with Gasteiger partial charge in [0.05, 0.1) is 18.9 Å². The maximum absolute atomic E-state index is 11.9. The van der Waals surface area contributed by atoms with Gasteiger partial charge in [-0.05, 0) is 12.5 Å². The smallest absolute Gasteiger partial charge is 0.255 e. The summed E-state index contributed by atoms with van der Waals surface area (Å²) in [5, 5.41) is 2.83. The Bertz CT molecular complexity index is 354. The molecule has 1 unspecified atom stereocenters. The normalized spacial score (nSPS) is 11.9. The highest BCUT2D eigenvalue weighted by molar-refractivity contribution is 6.18. The molecule has 1 amide bonds. The standard InChI is InChI=1S/C11H15ClN2O2/c1-3-8(6-12)14-11(15)9-4-5-13-7-10(9)16-2/h4-5,7-8H,3,6H2,1-2H3,(H,14,15). The van der Waals surface area contributed by atoms with E-state index >= 15 is 0 Å². The number of carbonyl (C=O) groups excluding carboxylic acids is 1. The fourth-order valence-electron chi connectivity index (χ4n) is 1.24. The Hall–Kier alpha value is -1.29. The number of carbonyl (C=O) groups is 1. The molecule has 1 aromatic heterocycles. The summed E-state index contributed by atoms with van der Waals surface area (Å²) in [5.41, 5.74) is 0.473. The zero-order valence-electron chi connectivity index (χ0n) is 9.37. The van der Waals surface area contributed by atoms with Gasteiger partial charge in [-0.25, -0.2) is 0 Å². The van der Waals surface area contributed by atoms with E-state index in [1.54, 1.807) is 12.3 Å². The van der Waals surface area contributed by atoms with E-state index < -0.39 is 0 Å². The first kappa shape index (κ1) is 12.8. The Kier molecular flexibility index (Phi) is 5.05. The molecule has 0 saturated heterocycles. The number of aromatic nitrogens is 1. The van der Waals surface area contributed by atoms with Crippen LogP contribution in [0.2, 0.25) is 0 Å². The molecule has 0 aliphatic carbocycles. The summed E-state index contributed by atoms with van der Waals surface area (Å²) >= 11 is 5.71. The molecule has 4 nitrogen and oxygen atoms in total. The number of methoxy groups -OCH3 is 1. The van der Waals surface area contributed by atoms with Crippen LogP contribution in [0, 0.1) is 0 Å². The molecule has 1 atom stereocenters. The van der Waals surface area contributed by atoms with Crippen LogP contribution in [0.15, 0.2) is 18.5 Å². The molecule has 0 aromatic carbocycles. The van der Waals surface area contributed by atoms with Crippen molar-refractivity contribution in [2.24, 2.45) is 0 Å². The van der Waals surface area contributed by atoms with Crippen molar-refractivity contribution in [2.45, 2.75) is 19.4 Å². The highest BCUT2D eigenvalue weighted by atomic mass is 35.5. The Labute approximate surface area is 100.0 Å². The summed E-state index contributed by atoms with van der Waals surface area (Å²) in [5.74, 6) is 0.673. The molecule has 0 radical (unpaired) electrons. The zero-order valence-corrected chi connectivity index (χ0v) is 10.1. The lowest BCUT2D eigenvalue weighted by Gasteiger charge is -2.14. The Balaban J connectivity index is 2.79. The molecule has 1 heterocycles. The van der Waals surface area contributed by atoms with Gasteiger partial charge in [-0.1, -0.05) is 6.92 Å². The van der Waals surface area contributed by atoms with Gasteiger partial charge in [0.2, 0.25) is 0 Å². The number of nitrogens with zero attached hydrogens (tertiary/aromatic N) is 1. The second-order valence-corrected chi connectivity index (χ2v) is 3.62. The number of halogens is 1. The van der Waals surface area contributed by atoms with Gasteiger partial charge >= 0.3 is 0 Å². The quantitative estimate of drug-likeness (QED) is 0.802. The highest BCUT2D eigenvalue weighted by Gasteiger charge is 2.15. The predicted molar refractivity (Wildman–Crippen MR) is 63.1 cm³/mol. The molecule has 5 heteroatoms. The van der Waals surface area contributed by atoms with Crippen molar-refractivity contribution < 1.29 is 9.53 Å². The predicted octanol–water partition coefficient (Wildman–Crippen LogP) is 1.84. The van der Waals surface area contributed by atoms with Crippen LogP contribution in [0.4, 0.5) is 0 Å². The summed E-state index contributed by atoms with van der Waals surface area (Å²) in [6, 6.07) is 1.60. The maximum atomic E-state index is 11.9. The van der Waals surface area contributed by atoms with E-state index in [9.17, 15) is 4.79 Å². The van der Waals surface area contributed by atoms with Gasteiger partial charge in [0, 0.05) is 18.1 Å². The second kappa shape index (κ2) is 6.33. The SMILES string of the molecule is CCC(CCl)NC(=O)c1ccncc1OC. The lowest BCUT2D eigenvalue weighted by atomic mass is 10.2. The van der Waals surface area contributed by atoms with Crippen molar-refractivity contribution in [3.63, 3.8) is 0 Å². The van der Waals surface area contributed by atoms with E-state index in [0.717, 1.165) is 6.42 Å². The van der Waals surface area contributed by atoms with Crippen LogP contribution in [-0.4, -0.2) is 29.9 Å². The Morgan fingerprint density at radius 1 is 1.69 bits per heavy atom. The second-order valence-electron chi connectivity index (χ2n) is 3.31. The summed E-state index contributed by atoms with van der Waals surface area (Å²) in [4.78, 5) is 15.8. The van der Waals surface area contributed by atoms with Crippen LogP contribution in [0.5, 0.6) is 5.75 Å². The third kappa shape index (κ3) is 3.10. The molecule has 1 N–H and O–H groups in total. The zero-order chi connectivity index (χ0) is 12.0. The molecule has 1 rings (SSSR count). The number of hydrogen-bond donors (Lipinski definition) is 1. The average Bonchev–Trinajstić information content (AvgIpc) is 2.35. The van der Waals surface area contributed by atoms with Crippen LogP contribution in [-0.2, 0) is 0 Å². The van der Waals surface area contributed by atoms with Gasteiger partial charge in [-0.15, -0.1) is 11.6 Å². The highest BCUT2D eigenvalue weighted by Crippen LogP contribution is 2.15. The molecule has 0 aliphatic rings. The third-order valence-corrected chi connectivity index (χ3v) is 2.64. The topological polar surface area (TPSA) is 51.2 Å². The van der Waals surface area contributed by atoms with Gasteiger partial charge in [-0.3, -0.25) is 9.78 Å². The Morgan fingerprint density at radius 2 is 2.44 bits per heavy atom. The molecule has 0 spiro atoms. The largest absolute Gasteiger partial charge is 0.494 e. The van der Waals surface area contributed by atoms with Gasteiger partial charge in [0.15, 0.2) is 0 Å². The summed E-state index contributed by atoms with van der Waals surface area (Å²) in [6.45, 7) is 1.97. The van der Waals surface area contributed by atoms with Crippen molar-refractivity contribution in [2.75, 3.05) is 13.0 Å². The summed E-state index contributed by atoms with van der Waals surface area (Å²) in [6.07, 6.45) is 3.86. The fourth-order valence-corrected chi connectivity index (χ4v) is 1.54. The number of amides is 1. The maximum Gasteiger partial charge on any atom is 0.255 e. The van der Waals surface area contributed by atoms with Crippen molar-refractivity contribution >= 4 is 17.5 Å². The van der Waals surface area contributed by atoms with Crippen LogP contribution < -0.4 is 10.1 Å². The number of ether oxygens (including phenoxy) is 1. The van der Waals surface area contributed by atoms with Gasteiger partial charge in [0.25, 0.3) is 5.91 Å². The van der Waals surface area contributed by atoms with E-state index in [2.05, 4.69) is 10.3 Å². The fraction of sp³-hybridized carbons (Fsp3) is 0.455. The third-order valence-electron chi connectivity index (χ3n) is 2.26.